The van der Waals surface area contributed by atoms with Gasteiger partial charge in [0, 0.05) is 37.5 Å². The number of carbonyl (C=O) groups is 2. The van der Waals surface area contributed by atoms with Crippen LogP contribution in [0.25, 0.3) is 0 Å². The van der Waals surface area contributed by atoms with Crippen molar-refractivity contribution in [2.24, 2.45) is 0 Å². The van der Waals surface area contributed by atoms with E-state index in [0.29, 0.717) is 18.5 Å². The van der Waals surface area contributed by atoms with Crippen LogP contribution in [0, 0.1) is 0 Å². The van der Waals surface area contributed by atoms with Gasteiger partial charge in [0.15, 0.2) is 0 Å². The predicted octanol–water partition coefficient (Wildman–Crippen LogP) is 2.09. The van der Waals surface area contributed by atoms with E-state index in [9.17, 15) is 9.59 Å². The van der Waals surface area contributed by atoms with E-state index in [0.717, 1.165) is 5.69 Å². The van der Waals surface area contributed by atoms with Crippen LogP contribution >= 0.6 is 0 Å². The van der Waals surface area contributed by atoms with E-state index < -0.39 is 5.97 Å². The smallest absolute Gasteiger partial charge is 0.335 e. The lowest BCUT2D eigenvalue weighted by Crippen LogP contribution is -2.29. The lowest BCUT2D eigenvalue weighted by atomic mass is 10.1. The molecule has 1 aromatic heterocycles. The molecule has 5 nitrogen and oxygen atoms in total. The van der Waals surface area contributed by atoms with Crippen LogP contribution in [0.1, 0.15) is 26.4 Å². The monoisotopic (exact) mass is 284 g/mol. The molecule has 0 bridgehead atoms. The Morgan fingerprint density at radius 2 is 1.90 bits per heavy atom. The second kappa shape index (κ2) is 6.65. The summed E-state index contributed by atoms with van der Waals surface area (Å²) in [5.74, 6) is -1.24. The molecule has 1 aromatic carbocycles. The molecule has 0 unspecified atom stereocenters. The minimum absolute atomic E-state index is 0.110. The van der Waals surface area contributed by atoms with Gasteiger partial charge in [-0.2, -0.15) is 0 Å². The van der Waals surface area contributed by atoms with Crippen LogP contribution < -0.4 is 0 Å². The van der Waals surface area contributed by atoms with Crippen molar-refractivity contribution in [2.45, 2.75) is 6.42 Å². The second-order valence-electron chi connectivity index (χ2n) is 4.68. The van der Waals surface area contributed by atoms with Crippen molar-refractivity contribution in [2.75, 3.05) is 13.6 Å². The van der Waals surface area contributed by atoms with E-state index in [-0.39, 0.29) is 11.5 Å². The number of likely N-dealkylation sites (N-methyl/N-ethyl adjacent to an activating group) is 1. The van der Waals surface area contributed by atoms with E-state index in [1.54, 1.807) is 30.3 Å². The second-order valence-corrected chi connectivity index (χ2v) is 4.68. The Morgan fingerprint density at radius 3 is 2.57 bits per heavy atom. The summed E-state index contributed by atoms with van der Waals surface area (Å²) in [7, 11) is 1.69. The van der Waals surface area contributed by atoms with E-state index in [1.807, 2.05) is 18.2 Å². The summed E-state index contributed by atoms with van der Waals surface area (Å²) in [4.78, 5) is 28.9. The van der Waals surface area contributed by atoms with Gasteiger partial charge in [0.2, 0.25) is 0 Å². The SMILES string of the molecule is CN(CCc1ccccn1)C(=O)c1cccc(C(=O)O)c1. The standard InChI is InChI=1S/C16H16N2O3/c1-18(10-8-14-7-2-3-9-17-14)15(19)12-5-4-6-13(11-12)16(20)21/h2-7,9,11H,8,10H2,1H3,(H,20,21). The fourth-order valence-electron chi connectivity index (χ4n) is 1.94. The number of aromatic nitrogens is 1. The summed E-state index contributed by atoms with van der Waals surface area (Å²) in [5, 5.41) is 8.95. The van der Waals surface area contributed by atoms with Gasteiger partial charge in [-0.25, -0.2) is 4.79 Å². The molecule has 108 valence electrons. The summed E-state index contributed by atoms with van der Waals surface area (Å²) in [6, 6.07) is 11.7. The average Bonchev–Trinajstić information content (AvgIpc) is 2.53. The molecule has 0 saturated carbocycles. The first-order valence-electron chi connectivity index (χ1n) is 6.56. The van der Waals surface area contributed by atoms with E-state index in [2.05, 4.69) is 4.98 Å². The molecule has 0 aliphatic heterocycles. The van der Waals surface area contributed by atoms with Crippen molar-refractivity contribution < 1.29 is 14.7 Å². The van der Waals surface area contributed by atoms with Gasteiger partial charge in [0.1, 0.15) is 0 Å². The van der Waals surface area contributed by atoms with Gasteiger partial charge in [-0.1, -0.05) is 12.1 Å². The quantitative estimate of drug-likeness (QED) is 0.912. The molecule has 0 aliphatic rings. The number of carboxylic acids is 1. The molecule has 0 spiro atoms. The largest absolute Gasteiger partial charge is 0.478 e. The fourth-order valence-corrected chi connectivity index (χ4v) is 1.94. The number of hydrogen-bond donors (Lipinski definition) is 1. The van der Waals surface area contributed by atoms with Gasteiger partial charge in [-0.05, 0) is 30.3 Å². The lowest BCUT2D eigenvalue weighted by molar-refractivity contribution is 0.0697. The molecule has 1 N–H and O–H groups in total. The number of aromatic carboxylic acids is 1. The predicted molar refractivity (Wildman–Crippen MR) is 78.3 cm³/mol. The molecule has 0 fully saturated rings. The van der Waals surface area contributed by atoms with Gasteiger partial charge in [0.05, 0.1) is 5.56 Å². The first kappa shape index (κ1) is 14.7. The van der Waals surface area contributed by atoms with Crippen molar-refractivity contribution in [3.8, 4) is 0 Å². The number of amides is 1. The van der Waals surface area contributed by atoms with Crippen molar-refractivity contribution in [1.82, 2.24) is 9.88 Å². The molecule has 1 amide bonds. The molecule has 0 saturated heterocycles. The maximum atomic E-state index is 12.3. The number of pyridine rings is 1. The maximum Gasteiger partial charge on any atom is 0.335 e. The number of carboxylic acid groups (broad SMARTS) is 1. The lowest BCUT2D eigenvalue weighted by Gasteiger charge is -2.17. The molecule has 0 aliphatic carbocycles. The molecular weight excluding hydrogens is 268 g/mol. The third kappa shape index (κ3) is 3.89. The molecule has 21 heavy (non-hydrogen) atoms. The summed E-state index contributed by atoms with van der Waals surface area (Å²) in [6.07, 6.45) is 2.37. The van der Waals surface area contributed by atoms with Gasteiger partial charge in [-0.3, -0.25) is 9.78 Å². The van der Waals surface area contributed by atoms with Crippen molar-refractivity contribution in [3.63, 3.8) is 0 Å². The Hall–Kier alpha value is -2.69. The fraction of sp³-hybridized carbons (Fsp3) is 0.188. The third-order valence-electron chi connectivity index (χ3n) is 3.13. The number of hydrogen-bond acceptors (Lipinski definition) is 3. The van der Waals surface area contributed by atoms with Crippen molar-refractivity contribution >= 4 is 11.9 Å². The summed E-state index contributed by atoms with van der Waals surface area (Å²) in [6.45, 7) is 0.521. The van der Waals surface area contributed by atoms with Crippen molar-refractivity contribution in [3.05, 3.63) is 65.5 Å². The van der Waals surface area contributed by atoms with Gasteiger partial charge in [0.25, 0.3) is 5.91 Å². The molecule has 2 aromatic rings. The molecule has 5 heteroatoms. The van der Waals surface area contributed by atoms with Crippen LogP contribution in [0.4, 0.5) is 0 Å². The Kier molecular flexibility index (Phi) is 4.66. The number of carbonyl (C=O) groups excluding carboxylic acids is 1. The van der Waals surface area contributed by atoms with Crippen LogP contribution in [-0.2, 0) is 6.42 Å². The van der Waals surface area contributed by atoms with E-state index in [4.69, 9.17) is 5.11 Å². The zero-order valence-corrected chi connectivity index (χ0v) is 11.7. The molecular formula is C16H16N2O3. The van der Waals surface area contributed by atoms with E-state index >= 15 is 0 Å². The minimum atomic E-state index is -1.04. The highest BCUT2D eigenvalue weighted by molar-refractivity contribution is 5.97. The number of benzene rings is 1. The zero-order valence-electron chi connectivity index (χ0n) is 11.7. The van der Waals surface area contributed by atoms with Crippen LogP contribution in [0.5, 0.6) is 0 Å². The Morgan fingerprint density at radius 1 is 1.14 bits per heavy atom. The van der Waals surface area contributed by atoms with E-state index in [1.165, 1.54) is 12.1 Å². The Balaban J connectivity index is 2.02. The molecule has 0 atom stereocenters. The Bertz CT molecular complexity index is 641. The maximum absolute atomic E-state index is 12.3. The highest BCUT2D eigenvalue weighted by Gasteiger charge is 2.13. The molecule has 2 rings (SSSR count). The van der Waals surface area contributed by atoms with Crippen molar-refractivity contribution in [1.29, 1.82) is 0 Å². The van der Waals surface area contributed by atoms with Gasteiger partial charge in [-0.15, -0.1) is 0 Å². The van der Waals surface area contributed by atoms with Gasteiger partial charge < -0.3 is 10.0 Å². The average molecular weight is 284 g/mol. The summed E-state index contributed by atoms with van der Waals surface area (Å²) >= 11 is 0. The summed E-state index contributed by atoms with van der Waals surface area (Å²) in [5.41, 5.74) is 1.40. The number of nitrogens with zero attached hydrogens (tertiary/aromatic N) is 2. The Labute approximate surface area is 122 Å². The topological polar surface area (TPSA) is 70.5 Å². The van der Waals surface area contributed by atoms with Gasteiger partial charge >= 0.3 is 5.97 Å². The first-order chi connectivity index (χ1) is 10.1. The van der Waals surface area contributed by atoms with Crippen LogP contribution in [0.3, 0.4) is 0 Å². The molecule has 0 radical (unpaired) electrons. The van der Waals surface area contributed by atoms with Crippen LogP contribution in [0.15, 0.2) is 48.7 Å². The highest BCUT2D eigenvalue weighted by Crippen LogP contribution is 2.08. The third-order valence-corrected chi connectivity index (χ3v) is 3.13. The van der Waals surface area contributed by atoms with Crippen LogP contribution in [0.2, 0.25) is 0 Å². The summed E-state index contributed by atoms with van der Waals surface area (Å²) < 4.78 is 0. The minimum Gasteiger partial charge on any atom is -0.478 e. The molecule has 1 heterocycles. The van der Waals surface area contributed by atoms with Crippen LogP contribution in [-0.4, -0.2) is 40.5 Å². The first-order valence-corrected chi connectivity index (χ1v) is 6.56. The zero-order chi connectivity index (χ0) is 15.2. The normalized spacial score (nSPS) is 10.1. The highest BCUT2D eigenvalue weighted by atomic mass is 16.4. The number of rotatable bonds is 5.